The summed E-state index contributed by atoms with van der Waals surface area (Å²) in [6.07, 6.45) is 4.95. The standard InChI is InChI=1S/C22H24N4O2/c1-15-9-8-10-16(2)18(15)24-21(27)20-23-19(17-11-4-7-14-26(17)20)22(28)25-12-5-3-6-13-25/h4,7-11,14H,3,5-6,12-13H2,1-2H3,(H,24,27). The normalized spacial score (nSPS) is 14.3. The highest BCUT2D eigenvalue weighted by atomic mass is 16.2. The molecule has 2 amide bonds. The Hall–Kier alpha value is -3.15. The molecule has 6 heteroatoms. The number of aromatic nitrogens is 2. The van der Waals surface area contributed by atoms with Gasteiger partial charge in [-0.15, -0.1) is 0 Å². The summed E-state index contributed by atoms with van der Waals surface area (Å²) in [5, 5.41) is 2.97. The predicted octanol–water partition coefficient (Wildman–Crippen LogP) is 3.83. The highest BCUT2D eigenvalue weighted by Crippen LogP contribution is 2.22. The fourth-order valence-electron chi connectivity index (χ4n) is 3.78. The van der Waals surface area contributed by atoms with Gasteiger partial charge in [-0.1, -0.05) is 24.3 Å². The third-order valence-electron chi connectivity index (χ3n) is 5.32. The van der Waals surface area contributed by atoms with Crippen molar-refractivity contribution >= 4 is 23.0 Å². The Morgan fingerprint density at radius 1 is 0.964 bits per heavy atom. The van der Waals surface area contributed by atoms with Crippen molar-refractivity contribution in [3.05, 3.63) is 65.2 Å². The molecule has 1 saturated heterocycles. The minimum absolute atomic E-state index is 0.102. The average molecular weight is 376 g/mol. The molecule has 2 aromatic heterocycles. The molecule has 0 atom stereocenters. The molecule has 144 valence electrons. The molecule has 0 saturated carbocycles. The van der Waals surface area contributed by atoms with E-state index in [1.807, 2.05) is 55.1 Å². The quantitative estimate of drug-likeness (QED) is 0.755. The minimum Gasteiger partial charge on any atom is -0.337 e. The molecule has 4 rings (SSSR count). The van der Waals surface area contributed by atoms with Gasteiger partial charge in [-0.2, -0.15) is 0 Å². The average Bonchev–Trinajstić information content (AvgIpc) is 3.11. The minimum atomic E-state index is -0.323. The van der Waals surface area contributed by atoms with Crippen LogP contribution in [0.15, 0.2) is 42.6 Å². The van der Waals surface area contributed by atoms with Gasteiger partial charge in [0.25, 0.3) is 11.8 Å². The van der Waals surface area contributed by atoms with E-state index in [1.54, 1.807) is 10.6 Å². The lowest BCUT2D eigenvalue weighted by Crippen LogP contribution is -2.36. The first-order valence-electron chi connectivity index (χ1n) is 9.70. The molecule has 0 bridgehead atoms. The van der Waals surface area contributed by atoms with Gasteiger partial charge in [0, 0.05) is 25.0 Å². The van der Waals surface area contributed by atoms with Crippen LogP contribution in [0.3, 0.4) is 0 Å². The molecule has 1 aromatic carbocycles. The molecule has 1 aliphatic heterocycles. The van der Waals surface area contributed by atoms with Crippen molar-refractivity contribution < 1.29 is 9.59 Å². The lowest BCUT2D eigenvalue weighted by molar-refractivity contribution is 0.0721. The summed E-state index contributed by atoms with van der Waals surface area (Å²) in [5.74, 6) is -0.204. The maximum atomic E-state index is 13.0. The van der Waals surface area contributed by atoms with Crippen molar-refractivity contribution in [1.82, 2.24) is 14.3 Å². The largest absolute Gasteiger partial charge is 0.337 e. The van der Waals surface area contributed by atoms with Crippen LogP contribution in [0.2, 0.25) is 0 Å². The molecular weight excluding hydrogens is 352 g/mol. The van der Waals surface area contributed by atoms with Crippen LogP contribution in [-0.2, 0) is 0 Å². The molecule has 1 N–H and O–H groups in total. The van der Waals surface area contributed by atoms with Crippen molar-refractivity contribution in [3.63, 3.8) is 0 Å². The van der Waals surface area contributed by atoms with Crippen LogP contribution in [0.4, 0.5) is 5.69 Å². The number of benzene rings is 1. The van der Waals surface area contributed by atoms with Gasteiger partial charge in [0.1, 0.15) is 0 Å². The van der Waals surface area contributed by atoms with Crippen LogP contribution in [0, 0.1) is 13.8 Å². The number of nitrogens with zero attached hydrogens (tertiary/aromatic N) is 3. The Bertz CT molecular complexity index is 1030. The number of likely N-dealkylation sites (tertiary alicyclic amines) is 1. The third-order valence-corrected chi connectivity index (χ3v) is 5.32. The maximum absolute atomic E-state index is 13.0. The van der Waals surface area contributed by atoms with Crippen LogP contribution in [0.1, 0.15) is 51.5 Å². The van der Waals surface area contributed by atoms with Crippen LogP contribution in [0.25, 0.3) is 5.52 Å². The van der Waals surface area contributed by atoms with Crippen molar-refractivity contribution in [2.45, 2.75) is 33.1 Å². The number of piperidine rings is 1. The summed E-state index contributed by atoms with van der Waals surface area (Å²) in [7, 11) is 0. The van der Waals surface area contributed by atoms with Gasteiger partial charge in [-0.25, -0.2) is 4.98 Å². The zero-order chi connectivity index (χ0) is 19.7. The summed E-state index contributed by atoms with van der Waals surface area (Å²) in [6, 6.07) is 11.4. The van der Waals surface area contributed by atoms with E-state index in [9.17, 15) is 9.59 Å². The summed E-state index contributed by atoms with van der Waals surface area (Å²) in [5.41, 5.74) is 3.75. The zero-order valence-corrected chi connectivity index (χ0v) is 16.2. The van der Waals surface area contributed by atoms with E-state index in [1.165, 1.54) is 0 Å². The van der Waals surface area contributed by atoms with Crippen LogP contribution in [0.5, 0.6) is 0 Å². The topological polar surface area (TPSA) is 66.7 Å². The molecule has 3 aromatic rings. The number of hydrogen-bond donors (Lipinski definition) is 1. The number of pyridine rings is 1. The number of anilines is 1. The number of para-hydroxylation sites is 1. The number of hydrogen-bond acceptors (Lipinski definition) is 3. The SMILES string of the molecule is Cc1cccc(C)c1NC(=O)c1nc(C(=O)N2CCCCC2)c2ccccn12. The van der Waals surface area contributed by atoms with Crippen molar-refractivity contribution in [1.29, 1.82) is 0 Å². The van der Waals surface area contributed by atoms with E-state index < -0.39 is 0 Å². The number of imidazole rings is 1. The molecule has 0 aliphatic carbocycles. The number of aryl methyl sites for hydroxylation is 2. The van der Waals surface area contributed by atoms with Gasteiger partial charge < -0.3 is 10.2 Å². The first-order chi connectivity index (χ1) is 13.6. The van der Waals surface area contributed by atoms with Gasteiger partial charge >= 0.3 is 0 Å². The maximum Gasteiger partial charge on any atom is 0.292 e. The molecule has 0 spiro atoms. The first-order valence-corrected chi connectivity index (χ1v) is 9.70. The highest BCUT2D eigenvalue weighted by Gasteiger charge is 2.26. The van der Waals surface area contributed by atoms with E-state index >= 15 is 0 Å². The summed E-state index contributed by atoms with van der Waals surface area (Å²) in [4.78, 5) is 32.4. The zero-order valence-electron chi connectivity index (χ0n) is 16.2. The van der Waals surface area contributed by atoms with Gasteiger partial charge in [0.15, 0.2) is 5.69 Å². The Labute approximate surface area is 164 Å². The molecule has 0 radical (unpaired) electrons. The van der Waals surface area contributed by atoms with Crippen LogP contribution >= 0.6 is 0 Å². The van der Waals surface area contributed by atoms with E-state index in [2.05, 4.69) is 10.3 Å². The number of amides is 2. The fourth-order valence-corrected chi connectivity index (χ4v) is 3.78. The molecule has 1 aliphatic rings. The predicted molar refractivity (Wildman–Crippen MR) is 109 cm³/mol. The Kier molecular flexibility index (Phi) is 4.86. The second kappa shape index (κ2) is 7.46. The molecule has 1 fully saturated rings. The number of carbonyl (C=O) groups is 2. The fraction of sp³-hybridized carbons (Fsp3) is 0.318. The summed E-state index contributed by atoms with van der Waals surface area (Å²) in [6.45, 7) is 5.40. The third kappa shape index (κ3) is 3.26. The number of rotatable bonds is 3. The lowest BCUT2D eigenvalue weighted by Gasteiger charge is -2.25. The highest BCUT2D eigenvalue weighted by molar-refractivity contribution is 6.06. The molecule has 0 unspecified atom stereocenters. The molecule has 6 nitrogen and oxygen atoms in total. The Balaban J connectivity index is 1.71. The van der Waals surface area contributed by atoms with Gasteiger partial charge in [0.2, 0.25) is 5.82 Å². The molecule has 3 heterocycles. The van der Waals surface area contributed by atoms with Crippen molar-refractivity contribution in [3.8, 4) is 0 Å². The monoisotopic (exact) mass is 376 g/mol. The van der Waals surface area contributed by atoms with Gasteiger partial charge in [-0.05, 0) is 56.4 Å². The first kappa shape index (κ1) is 18.2. The van der Waals surface area contributed by atoms with Gasteiger partial charge in [0.05, 0.1) is 5.52 Å². The van der Waals surface area contributed by atoms with E-state index in [0.29, 0.717) is 11.2 Å². The van der Waals surface area contributed by atoms with Crippen molar-refractivity contribution in [2.75, 3.05) is 18.4 Å². The number of nitrogens with one attached hydrogen (secondary N) is 1. The van der Waals surface area contributed by atoms with E-state index in [4.69, 9.17) is 0 Å². The Morgan fingerprint density at radius 2 is 1.68 bits per heavy atom. The second-order valence-electron chi connectivity index (χ2n) is 7.31. The van der Waals surface area contributed by atoms with Crippen LogP contribution in [-0.4, -0.2) is 39.2 Å². The molecular formula is C22H24N4O2. The van der Waals surface area contributed by atoms with Gasteiger partial charge in [-0.3, -0.25) is 14.0 Å². The van der Waals surface area contributed by atoms with E-state index in [0.717, 1.165) is 49.2 Å². The summed E-state index contributed by atoms with van der Waals surface area (Å²) < 4.78 is 1.69. The smallest absolute Gasteiger partial charge is 0.292 e. The Morgan fingerprint density at radius 3 is 2.39 bits per heavy atom. The van der Waals surface area contributed by atoms with Crippen molar-refractivity contribution in [2.24, 2.45) is 0 Å². The number of fused-ring (bicyclic) bond motifs is 1. The lowest BCUT2D eigenvalue weighted by atomic mass is 10.1. The second-order valence-corrected chi connectivity index (χ2v) is 7.31. The number of carbonyl (C=O) groups excluding carboxylic acids is 2. The summed E-state index contributed by atoms with van der Waals surface area (Å²) >= 11 is 0. The molecule has 28 heavy (non-hydrogen) atoms. The van der Waals surface area contributed by atoms with E-state index in [-0.39, 0.29) is 17.6 Å². The van der Waals surface area contributed by atoms with Crippen LogP contribution < -0.4 is 5.32 Å².